The molecule has 1 amide bonds. The summed E-state index contributed by atoms with van der Waals surface area (Å²) in [6.45, 7) is 8.99. The molecule has 0 aliphatic carbocycles. The fourth-order valence-corrected chi connectivity index (χ4v) is 5.54. The molecule has 2 heterocycles. The summed E-state index contributed by atoms with van der Waals surface area (Å²) in [6.07, 6.45) is 0. The van der Waals surface area contributed by atoms with Gasteiger partial charge in [-0.1, -0.05) is 36.4 Å². The molecule has 0 unspecified atom stereocenters. The lowest BCUT2D eigenvalue weighted by atomic mass is 9.78. The van der Waals surface area contributed by atoms with Crippen LogP contribution < -0.4 is 10.6 Å². The Kier molecular flexibility index (Phi) is 8.61. The number of aromatic nitrogens is 1. The monoisotopic (exact) mass is 545 g/mol. The highest BCUT2D eigenvalue weighted by atomic mass is 32.1. The fourth-order valence-electron chi connectivity index (χ4n) is 4.66. The Morgan fingerprint density at radius 2 is 1.51 bits per heavy atom. The van der Waals surface area contributed by atoms with Gasteiger partial charge in [-0.3, -0.25) is 4.79 Å². The van der Waals surface area contributed by atoms with Gasteiger partial charge < -0.3 is 20.1 Å². The molecular formula is C30H31N3O5S. The Labute approximate surface area is 231 Å². The molecule has 0 saturated carbocycles. The molecule has 0 bridgehead atoms. The van der Waals surface area contributed by atoms with E-state index in [1.807, 2.05) is 53.9 Å². The van der Waals surface area contributed by atoms with E-state index in [1.54, 1.807) is 27.7 Å². The van der Waals surface area contributed by atoms with Crippen LogP contribution in [0.5, 0.6) is 0 Å². The van der Waals surface area contributed by atoms with Gasteiger partial charge in [0.15, 0.2) is 0 Å². The van der Waals surface area contributed by atoms with Gasteiger partial charge in [-0.15, -0.1) is 11.3 Å². The zero-order chi connectivity index (χ0) is 28.1. The molecular weight excluding hydrogens is 514 g/mol. The SMILES string of the molecule is CCOC(=O)C1=C(C)NC(C)=C(C(=O)OCC)C1c1ccccc1-c1nc(-c2ccc(NC(C)=O)cc2)cs1. The fraction of sp³-hybridized carbons (Fsp3) is 0.267. The van der Waals surface area contributed by atoms with Gasteiger partial charge in [0.05, 0.1) is 36.0 Å². The number of rotatable bonds is 8. The quantitative estimate of drug-likeness (QED) is 0.345. The molecule has 0 saturated heterocycles. The Hall–Kier alpha value is -4.24. The minimum Gasteiger partial charge on any atom is -0.463 e. The van der Waals surface area contributed by atoms with Crippen molar-refractivity contribution in [2.75, 3.05) is 18.5 Å². The summed E-state index contributed by atoms with van der Waals surface area (Å²) < 4.78 is 10.8. The number of benzene rings is 2. The second-order valence-corrected chi connectivity index (χ2v) is 9.82. The van der Waals surface area contributed by atoms with Crippen molar-refractivity contribution in [3.05, 3.63) is 82.0 Å². The Balaban J connectivity index is 1.81. The maximum absolute atomic E-state index is 13.2. The number of amides is 1. The van der Waals surface area contributed by atoms with Gasteiger partial charge in [0.1, 0.15) is 5.01 Å². The van der Waals surface area contributed by atoms with Crippen LogP contribution in [-0.4, -0.2) is 36.0 Å². The first-order valence-corrected chi connectivity index (χ1v) is 13.6. The molecule has 2 N–H and O–H groups in total. The van der Waals surface area contributed by atoms with E-state index in [-0.39, 0.29) is 19.1 Å². The van der Waals surface area contributed by atoms with Gasteiger partial charge in [-0.05, 0) is 45.4 Å². The molecule has 1 aromatic heterocycles. The summed E-state index contributed by atoms with van der Waals surface area (Å²) in [7, 11) is 0. The number of dihydropyridines is 1. The minimum absolute atomic E-state index is 0.133. The molecule has 0 spiro atoms. The van der Waals surface area contributed by atoms with Crippen molar-refractivity contribution in [1.29, 1.82) is 0 Å². The lowest BCUT2D eigenvalue weighted by Crippen LogP contribution is -2.32. The van der Waals surface area contributed by atoms with Crippen molar-refractivity contribution < 1.29 is 23.9 Å². The number of esters is 2. The Bertz CT molecular complexity index is 1430. The summed E-state index contributed by atoms with van der Waals surface area (Å²) in [5.74, 6) is -1.82. The number of thiazole rings is 1. The lowest BCUT2D eigenvalue weighted by molar-refractivity contribution is -0.139. The second-order valence-electron chi connectivity index (χ2n) is 8.96. The molecule has 8 nitrogen and oxygen atoms in total. The third-order valence-electron chi connectivity index (χ3n) is 6.26. The molecule has 1 aliphatic rings. The van der Waals surface area contributed by atoms with Gasteiger partial charge in [0.2, 0.25) is 5.91 Å². The average molecular weight is 546 g/mol. The zero-order valence-corrected chi connectivity index (χ0v) is 23.4. The van der Waals surface area contributed by atoms with Gasteiger partial charge in [-0.2, -0.15) is 0 Å². The first kappa shape index (κ1) is 27.8. The Morgan fingerprint density at radius 3 is 2.08 bits per heavy atom. The highest BCUT2D eigenvalue weighted by Gasteiger charge is 2.39. The first-order valence-electron chi connectivity index (χ1n) is 12.7. The van der Waals surface area contributed by atoms with Crippen molar-refractivity contribution in [1.82, 2.24) is 10.3 Å². The predicted octanol–water partition coefficient (Wildman–Crippen LogP) is 5.80. The average Bonchev–Trinajstić information content (AvgIpc) is 3.39. The van der Waals surface area contributed by atoms with Crippen LogP contribution >= 0.6 is 11.3 Å². The number of carbonyl (C=O) groups is 3. The summed E-state index contributed by atoms with van der Waals surface area (Å²) in [4.78, 5) is 42.7. The smallest absolute Gasteiger partial charge is 0.336 e. The summed E-state index contributed by atoms with van der Waals surface area (Å²) in [5.41, 5.74) is 5.92. The van der Waals surface area contributed by atoms with E-state index in [1.165, 1.54) is 18.3 Å². The van der Waals surface area contributed by atoms with Crippen molar-refractivity contribution in [3.63, 3.8) is 0 Å². The van der Waals surface area contributed by atoms with Crippen LogP contribution in [0.15, 0.2) is 76.5 Å². The van der Waals surface area contributed by atoms with Crippen LogP contribution in [0.3, 0.4) is 0 Å². The van der Waals surface area contributed by atoms with E-state index < -0.39 is 17.9 Å². The van der Waals surface area contributed by atoms with E-state index in [9.17, 15) is 14.4 Å². The van der Waals surface area contributed by atoms with Gasteiger partial charge in [-0.25, -0.2) is 14.6 Å². The Morgan fingerprint density at radius 1 is 0.923 bits per heavy atom. The maximum atomic E-state index is 13.2. The molecule has 39 heavy (non-hydrogen) atoms. The third kappa shape index (κ3) is 5.93. The zero-order valence-electron chi connectivity index (χ0n) is 22.6. The second kappa shape index (κ2) is 12.1. The standard InChI is InChI=1S/C30H31N3O5S/c1-6-37-29(35)25-17(3)31-18(4)26(30(36)38-7-2)27(25)22-10-8-9-11-23(22)28-33-24(16-39-28)20-12-14-21(15-13-20)32-19(5)34/h8-16,27,31H,6-7H2,1-5H3,(H,32,34). The molecule has 0 radical (unpaired) electrons. The molecule has 2 aromatic carbocycles. The van der Waals surface area contributed by atoms with Crippen LogP contribution in [-0.2, 0) is 23.9 Å². The van der Waals surface area contributed by atoms with Gasteiger partial charge in [0.25, 0.3) is 0 Å². The molecule has 202 valence electrons. The van der Waals surface area contributed by atoms with E-state index in [0.717, 1.165) is 27.4 Å². The van der Waals surface area contributed by atoms with Crippen LogP contribution in [0.1, 0.15) is 46.1 Å². The minimum atomic E-state index is -0.704. The number of hydrogen-bond acceptors (Lipinski definition) is 8. The lowest BCUT2D eigenvalue weighted by Gasteiger charge is -2.31. The number of carbonyl (C=O) groups excluding carboxylic acids is 3. The number of nitrogens with zero attached hydrogens (tertiary/aromatic N) is 1. The third-order valence-corrected chi connectivity index (χ3v) is 7.13. The van der Waals surface area contributed by atoms with E-state index >= 15 is 0 Å². The number of ether oxygens (including phenoxy) is 2. The normalized spacial score (nSPS) is 13.7. The summed E-state index contributed by atoms with van der Waals surface area (Å²) in [5, 5.41) is 8.64. The molecule has 1 aliphatic heterocycles. The van der Waals surface area contributed by atoms with E-state index in [4.69, 9.17) is 14.5 Å². The van der Waals surface area contributed by atoms with Gasteiger partial charge in [0, 0.05) is 40.5 Å². The number of anilines is 1. The van der Waals surface area contributed by atoms with Crippen LogP contribution in [0.4, 0.5) is 5.69 Å². The number of allylic oxidation sites excluding steroid dienone is 2. The highest BCUT2D eigenvalue weighted by Crippen LogP contribution is 2.44. The summed E-state index contributed by atoms with van der Waals surface area (Å²) >= 11 is 1.47. The number of nitrogens with one attached hydrogen (secondary N) is 2. The predicted molar refractivity (Wildman–Crippen MR) is 152 cm³/mol. The molecule has 4 rings (SSSR count). The van der Waals surface area contributed by atoms with Gasteiger partial charge >= 0.3 is 11.9 Å². The van der Waals surface area contributed by atoms with Crippen LogP contribution in [0.25, 0.3) is 21.8 Å². The van der Waals surface area contributed by atoms with Crippen LogP contribution in [0, 0.1) is 0 Å². The molecule has 0 fully saturated rings. The topological polar surface area (TPSA) is 107 Å². The maximum Gasteiger partial charge on any atom is 0.336 e. The van der Waals surface area contributed by atoms with Crippen molar-refractivity contribution in [2.45, 2.75) is 40.5 Å². The van der Waals surface area contributed by atoms with Crippen molar-refractivity contribution >= 4 is 34.9 Å². The highest BCUT2D eigenvalue weighted by molar-refractivity contribution is 7.13. The molecule has 3 aromatic rings. The van der Waals surface area contributed by atoms with Crippen molar-refractivity contribution in [2.24, 2.45) is 0 Å². The van der Waals surface area contributed by atoms with Crippen molar-refractivity contribution in [3.8, 4) is 21.8 Å². The largest absolute Gasteiger partial charge is 0.463 e. The van der Waals surface area contributed by atoms with Crippen LogP contribution in [0.2, 0.25) is 0 Å². The molecule has 9 heteroatoms. The van der Waals surface area contributed by atoms with E-state index in [0.29, 0.717) is 28.2 Å². The summed E-state index contributed by atoms with van der Waals surface area (Å²) in [6, 6.07) is 15.1. The first-order chi connectivity index (χ1) is 18.7. The number of hydrogen-bond donors (Lipinski definition) is 2. The molecule has 0 atom stereocenters. The van der Waals surface area contributed by atoms with E-state index in [2.05, 4.69) is 10.6 Å².